The Balaban J connectivity index is 2.64. The van der Waals surface area contributed by atoms with E-state index in [1.807, 2.05) is 19.9 Å². The van der Waals surface area contributed by atoms with E-state index in [2.05, 4.69) is 6.58 Å². The Morgan fingerprint density at radius 3 is 2.79 bits per heavy atom. The fourth-order valence-electron chi connectivity index (χ4n) is 1.14. The van der Waals surface area contributed by atoms with Crippen molar-refractivity contribution in [1.82, 2.24) is 0 Å². The second-order valence-corrected chi connectivity index (χ2v) is 4.22. The molecule has 0 fully saturated rings. The van der Waals surface area contributed by atoms with Crippen LogP contribution in [0.5, 0.6) is 0 Å². The molecule has 0 aromatic rings. The maximum atomic E-state index is 11.3. The summed E-state index contributed by atoms with van der Waals surface area (Å²) in [5.74, 6) is -0.404. The third-order valence-corrected chi connectivity index (χ3v) is 2.14. The summed E-state index contributed by atoms with van der Waals surface area (Å²) in [6.45, 7) is 9.13. The molecule has 78 valence electrons. The van der Waals surface area contributed by atoms with Gasteiger partial charge in [0.15, 0.2) is 0 Å². The predicted octanol–water partition coefficient (Wildman–Crippen LogP) is 2.39. The van der Waals surface area contributed by atoms with Crippen LogP contribution in [0.1, 0.15) is 27.2 Å². The van der Waals surface area contributed by atoms with Crippen molar-refractivity contribution in [3.05, 3.63) is 24.5 Å². The number of rotatable bonds is 2. The van der Waals surface area contributed by atoms with Gasteiger partial charge in [-0.15, -0.1) is 0 Å². The fraction of sp³-hybridized carbons (Fsp3) is 0.545. The second-order valence-electron chi connectivity index (χ2n) is 4.22. The van der Waals surface area contributed by atoms with Crippen LogP contribution in [-0.2, 0) is 14.3 Å². The Labute approximate surface area is 84.4 Å². The number of ether oxygens (including phenoxy) is 2. The molecule has 1 rings (SSSR count). The van der Waals surface area contributed by atoms with E-state index in [0.717, 1.165) is 6.42 Å². The summed E-state index contributed by atoms with van der Waals surface area (Å²) in [5.41, 5.74) is 0.207. The first kappa shape index (κ1) is 10.8. The van der Waals surface area contributed by atoms with Gasteiger partial charge in [0.2, 0.25) is 6.29 Å². The van der Waals surface area contributed by atoms with E-state index < -0.39 is 12.3 Å². The van der Waals surface area contributed by atoms with Gasteiger partial charge in [0.25, 0.3) is 0 Å². The minimum absolute atomic E-state index is 0.181. The molecule has 0 aromatic heterocycles. The lowest BCUT2D eigenvalue weighted by Gasteiger charge is -2.34. The van der Waals surface area contributed by atoms with Crippen LogP contribution in [0, 0.1) is 5.41 Å². The lowest BCUT2D eigenvalue weighted by Crippen LogP contribution is -2.36. The molecule has 0 bridgehead atoms. The average molecular weight is 196 g/mol. The van der Waals surface area contributed by atoms with Gasteiger partial charge in [-0.25, -0.2) is 4.79 Å². The molecule has 1 atom stereocenters. The van der Waals surface area contributed by atoms with Gasteiger partial charge in [-0.05, 0) is 19.4 Å². The first-order chi connectivity index (χ1) is 6.43. The molecule has 0 aliphatic carbocycles. The van der Waals surface area contributed by atoms with Crippen LogP contribution in [0.3, 0.4) is 0 Å². The van der Waals surface area contributed by atoms with Gasteiger partial charge in [0.1, 0.15) is 0 Å². The summed E-state index contributed by atoms with van der Waals surface area (Å²) in [6, 6.07) is 0. The quantitative estimate of drug-likeness (QED) is 0.502. The first-order valence-corrected chi connectivity index (χ1v) is 4.60. The number of hydrogen-bond donors (Lipinski definition) is 0. The Hall–Kier alpha value is -1.25. The highest BCUT2D eigenvalue weighted by atomic mass is 16.7. The predicted molar refractivity (Wildman–Crippen MR) is 53.3 cm³/mol. The minimum Gasteiger partial charge on any atom is -0.462 e. The molecule has 0 radical (unpaired) electrons. The molecule has 3 nitrogen and oxygen atoms in total. The largest absolute Gasteiger partial charge is 0.462 e. The number of allylic oxidation sites excluding steroid dienone is 1. The van der Waals surface area contributed by atoms with Crippen molar-refractivity contribution in [1.29, 1.82) is 0 Å². The highest BCUT2D eigenvalue weighted by molar-refractivity contribution is 5.87. The topological polar surface area (TPSA) is 35.5 Å². The molecule has 1 aliphatic heterocycles. The van der Waals surface area contributed by atoms with Gasteiger partial charge in [0, 0.05) is 11.0 Å². The van der Waals surface area contributed by atoms with Crippen LogP contribution >= 0.6 is 0 Å². The molecule has 0 amide bonds. The van der Waals surface area contributed by atoms with E-state index in [1.165, 1.54) is 0 Å². The van der Waals surface area contributed by atoms with Crippen LogP contribution in [-0.4, -0.2) is 12.3 Å². The molecule has 0 saturated carbocycles. The van der Waals surface area contributed by atoms with E-state index in [1.54, 1.807) is 13.2 Å². The number of carbonyl (C=O) groups is 1. The molecule has 1 unspecified atom stereocenters. The molecule has 0 N–H and O–H groups in total. The van der Waals surface area contributed by atoms with Gasteiger partial charge < -0.3 is 9.47 Å². The van der Waals surface area contributed by atoms with Crippen LogP contribution < -0.4 is 0 Å². The van der Waals surface area contributed by atoms with Crippen molar-refractivity contribution in [2.45, 2.75) is 33.5 Å². The summed E-state index contributed by atoms with van der Waals surface area (Å²) in [6.07, 6.45) is 3.81. The van der Waals surface area contributed by atoms with Crippen LogP contribution in [0.25, 0.3) is 0 Å². The molecule has 1 heterocycles. The zero-order valence-corrected chi connectivity index (χ0v) is 8.87. The third-order valence-electron chi connectivity index (χ3n) is 2.14. The number of carbonyl (C=O) groups excluding carboxylic acids is 1. The maximum Gasteiger partial charge on any atom is 0.336 e. The van der Waals surface area contributed by atoms with Gasteiger partial charge in [-0.3, -0.25) is 0 Å². The van der Waals surface area contributed by atoms with E-state index >= 15 is 0 Å². The summed E-state index contributed by atoms with van der Waals surface area (Å²) < 4.78 is 10.4. The molecule has 0 spiro atoms. The lowest BCUT2D eigenvalue weighted by molar-refractivity contribution is -0.189. The smallest absolute Gasteiger partial charge is 0.336 e. The van der Waals surface area contributed by atoms with Crippen LogP contribution in [0.15, 0.2) is 24.5 Å². The van der Waals surface area contributed by atoms with Crippen molar-refractivity contribution in [3.8, 4) is 0 Å². The van der Waals surface area contributed by atoms with Gasteiger partial charge in [0.05, 0.1) is 6.26 Å². The molecule has 0 aromatic carbocycles. The summed E-state index contributed by atoms with van der Waals surface area (Å²) >= 11 is 0. The van der Waals surface area contributed by atoms with Crippen LogP contribution in [0.4, 0.5) is 0 Å². The summed E-state index contributed by atoms with van der Waals surface area (Å²) in [7, 11) is 0. The van der Waals surface area contributed by atoms with Crippen LogP contribution in [0.2, 0.25) is 0 Å². The lowest BCUT2D eigenvalue weighted by atomic mass is 9.87. The minimum atomic E-state index is -0.517. The van der Waals surface area contributed by atoms with Crippen molar-refractivity contribution >= 4 is 5.97 Å². The van der Waals surface area contributed by atoms with Gasteiger partial charge in [-0.2, -0.15) is 0 Å². The SMILES string of the molecule is C=C(C)C(=O)OC1OC=CCC1(C)C. The molecule has 1 aliphatic rings. The number of esters is 1. The van der Waals surface area contributed by atoms with E-state index in [0.29, 0.717) is 5.57 Å². The fourth-order valence-corrected chi connectivity index (χ4v) is 1.14. The second kappa shape index (κ2) is 3.86. The first-order valence-electron chi connectivity index (χ1n) is 4.60. The Kier molecular flexibility index (Phi) is 2.99. The van der Waals surface area contributed by atoms with Crippen molar-refractivity contribution in [2.24, 2.45) is 5.41 Å². The van der Waals surface area contributed by atoms with Gasteiger partial charge in [-0.1, -0.05) is 20.4 Å². The monoisotopic (exact) mass is 196 g/mol. The average Bonchev–Trinajstić information content (AvgIpc) is 2.08. The highest BCUT2D eigenvalue weighted by Crippen LogP contribution is 2.32. The zero-order chi connectivity index (χ0) is 10.8. The Morgan fingerprint density at radius 2 is 2.29 bits per heavy atom. The maximum absolute atomic E-state index is 11.3. The number of hydrogen-bond acceptors (Lipinski definition) is 3. The highest BCUT2D eigenvalue weighted by Gasteiger charge is 2.35. The normalized spacial score (nSPS) is 23.8. The van der Waals surface area contributed by atoms with E-state index in [9.17, 15) is 4.79 Å². The summed E-state index contributed by atoms with van der Waals surface area (Å²) in [5, 5.41) is 0. The summed E-state index contributed by atoms with van der Waals surface area (Å²) in [4.78, 5) is 11.3. The van der Waals surface area contributed by atoms with E-state index in [4.69, 9.17) is 9.47 Å². The van der Waals surface area contributed by atoms with Gasteiger partial charge >= 0.3 is 5.97 Å². The van der Waals surface area contributed by atoms with Crippen molar-refractivity contribution < 1.29 is 14.3 Å². The standard InChI is InChI=1S/C11H16O3/c1-8(2)9(12)14-10-11(3,4)6-5-7-13-10/h5,7,10H,1,6H2,2-4H3. The Bertz CT molecular complexity index is 276. The molecular weight excluding hydrogens is 180 g/mol. The Morgan fingerprint density at radius 1 is 1.64 bits per heavy atom. The van der Waals surface area contributed by atoms with Crippen molar-refractivity contribution in [2.75, 3.05) is 0 Å². The molecular formula is C11H16O3. The zero-order valence-electron chi connectivity index (χ0n) is 8.87. The third kappa shape index (κ3) is 2.37. The van der Waals surface area contributed by atoms with E-state index in [-0.39, 0.29) is 5.41 Å². The molecule has 14 heavy (non-hydrogen) atoms. The molecule has 3 heteroatoms. The molecule has 0 saturated heterocycles. The van der Waals surface area contributed by atoms with Crippen molar-refractivity contribution in [3.63, 3.8) is 0 Å².